The second-order valence-electron chi connectivity index (χ2n) is 14.8. The van der Waals surface area contributed by atoms with Crippen LogP contribution < -0.4 is 10.0 Å². The van der Waals surface area contributed by atoms with E-state index in [-0.39, 0.29) is 6.61 Å². The highest BCUT2D eigenvalue weighted by Crippen LogP contribution is 2.37. The fourth-order valence-electron chi connectivity index (χ4n) is 7.05. The average molecular weight is 1180 g/mol. The Morgan fingerprint density at radius 2 is 0.986 bits per heavy atom. The van der Waals surface area contributed by atoms with Crippen molar-refractivity contribution in [1.29, 1.82) is 0 Å². The summed E-state index contributed by atoms with van der Waals surface area (Å²) in [5.41, 5.74) is 0. The number of rotatable bonds is 21. The lowest BCUT2D eigenvalue weighted by Crippen LogP contribution is -2.71. The molecule has 427 valence electrons. The molecule has 4 heterocycles. The van der Waals surface area contributed by atoms with Crippen LogP contribution >= 0.6 is 0 Å². The van der Waals surface area contributed by atoms with Crippen LogP contribution in [0.1, 0.15) is 6.92 Å². The topological polar surface area (TPSA) is 631 Å². The molecule has 0 saturated carbocycles. The Morgan fingerprint density at radius 1 is 0.534 bits per heavy atom. The average Bonchev–Trinajstić information content (AvgIpc) is 3.21. The van der Waals surface area contributed by atoms with E-state index in [1.54, 1.807) is 0 Å². The molecule has 73 heavy (non-hydrogen) atoms. The molecule has 0 aromatic carbocycles. The Bertz CT molecular complexity index is 2460. The molecule has 4 aliphatic heterocycles. The van der Waals surface area contributed by atoms with Gasteiger partial charge < -0.3 is 84.4 Å². The number of carboxylic acid groups (broad SMARTS) is 2. The minimum absolute atomic E-state index is 0. The van der Waals surface area contributed by atoms with Crippen molar-refractivity contribution in [2.75, 3.05) is 19.8 Å². The Balaban J connectivity index is 0.00000457. The molecule has 40 nitrogen and oxygen atoms in total. The molecule has 4 rings (SSSR count). The van der Waals surface area contributed by atoms with Crippen molar-refractivity contribution in [3.05, 3.63) is 6.92 Å². The first kappa shape index (κ1) is 64.5. The van der Waals surface area contributed by atoms with Gasteiger partial charge in [0.1, 0.15) is 73.1 Å². The molecule has 45 heteroatoms. The van der Waals surface area contributed by atoms with Gasteiger partial charge in [0.15, 0.2) is 49.6 Å². The van der Waals surface area contributed by atoms with Gasteiger partial charge in [-0.25, -0.2) is 26.3 Å². The lowest BCUT2D eigenvalue weighted by atomic mass is 9.94. The minimum Gasteiger partial charge on any atom is -0.479 e. The van der Waals surface area contributed by atoms with Gasteiger partial charge in [-0.3, -0.25) is 27.6 Å². The molecule has 16 N–H and O–H groups in total. The van der Waals surface area contributed by atoms with Gasteiger partial charge in [-0.05, 0) is 6.92 Å². The summed E-state index contributed by atoms with van der Waals surface area (Å²) in [5.74, 6) is -5.49. The SMILES string of the molecule is CC(=O)N[C@@H]1[C@@H](O)[C@H](O[C@@H]2O[C@H](C(=O)O)[C@@H](O[C@@H]3O[C@H](CO)[C@@H](O[C@H]4O[C@@H](C(=O)O)[C@H](O)[C@@H](O)[C@@H]4OS(=O)(=O)O)[C@H](OS(=O)(=O)O)[C@H]3NS(=O)(=O)O)[C@H](O)[C@H]2OS(=O)(=O)O)[C@H](COS(=O)(=O)O)O[C@H]1O.[CH2]CO. The first-order valence-electron chi connectivity index (χ1n) is 19.3. The summed E-state index contributed by atoms with van der Waals surface area (Å²) in [6.45, 7) is 0.802. The number of carbonyl (C=O) groups is 3. The van der Waals surface area contributed by atoms with Crippen LogP contribution in [0.3, 0.4) is 0 Å². The molecule has 1 amide bonds. The van der Waals surface area contributed by atoms with Crippen molar-refractivity contribution in [1.82, 2.24) is 10.0 Å². The molecule has 0 bridgehead atoms. The van der Waals surface area contributed by atoms with E-state index < -0.39 is 206 Å². The zero-order valence-electron chi connectivity index (χ0n) is 36.0. The van der Waals surface area contributed by atoms with E-state index in [1.807, 2.05) is 5.32 Å². The van der Waals surface area contributed by atoms with Gasteiger partial charge in [0.05, 0.1) is 13.2 Å². The van der Waals surface area contributed by atoms with E-state index in [0.29, 0.717) is 0 Å². The van der Waals surface area contributed by atoms with Gasteiger partial charge >= 0.3 is 63.8 Å². The molecule has 0 unspecified atom stereocenters. The maximum atomic E-state index is 12.7. The Labute approximate surface area is 410 Å². The maximum absolute atomic E-state index is 12.7. The fraction of sp³-hybridized carbons (Fsp3) is 0.857. The predicted octanol–water partition coefficient (Wildman–Crippen LogP) is -10.9. The summed E-state index contributed by atoms with van der Waals surface area (Å²) >= 11 is 0. The second kappa shape index (κ2) is 25.6. The summed E-state index contributed by atoms with van der Waals surface area (Å²) < 4.78 is 222. The van der Waals surface area contributed by atoms with Crippen molar-refractivity contribution in [3.8, 4) is 0 Å². The molecule has 0 aromatic rings. The quantitative estimate of drug-likeness (QED) is 0.0475. The van der Waals surface area contributed by atoms with Crippen LogP contribution in [-0.2, 0) is 116 Å². The predicted molar refractivity (Wildman–Crippen MR) is 213 cm³/mol. The third-order valence-corrected chi connectivity index (χ3v) is 12.1. The molecule has 1 radical (unpaired) electrons. The molecule has 4 saturated heterocycles. The highest BCUT2D eigenvalue weighted by atomic mass is 32.3. The van der Waals surface area contributed by atoms with Crippen LogP contribution in [0.2, 0.25) is 0 Å². The fourth-order valence-corrected chi connectivity index (χ4v) is 9.43. The van der Waals surface area contributed by atoms with Gasteiger partial charge in [-0.1, -0.05) is 0 Å². The van der Waals surface area contributed by atoms with Gasteiger partial charge in [0, 0.05) is 13.5 Å². The van der Waals surface area contributed by atoms with Crippen LogP contribution in [0.4, 0.5) is 0 Å². The molecule has 0 spiro atoms. The number of ether oxygens (including phenoxy) is 7. The van der Waals surface area contributed by atoms with Crippen molar-refractivity contribution in [2.45, 2.75) is 130 Å². The van der Waals surface area contributed by atoms with Gasteiger partial charge in [-0.15, -0.1) is 0 Å². The van der Waals surface area contributed by atoms with Gasteiger partial charge in [-0.2, -0.15) is 46.8 Å². The summed E-state index contributed by atoms with van der Waals surface area (Å²) in [7, 11) is -29.1. The molecular weight excluding hydrogens is 1130 g/mol. The monoisotopic (exact) mass is 1180 g/mol. The lowest BCUT2D eigenvalue weighted by Gasteiger charge is -2.50. The summed E-state index contributed by atoms with van der Waals surface area (Å²) in [4.78, 5) is 36.4. The normalized spacial score (nSPS) is 37.8. The second-order valence-corrected chi connectivity index (χ2v) is 20.2. The highest BCUT2D eigenvalue weighted by Gasteiger charge is 2.60. The molecule has 0 aliphatic carbocycles. The standard InChI is InChI=1S/C26H42N2O37S5.C2H5O/c1-4(30)27-7-9(31)13(6(56-23(7)39)3-55-67(43,44)45)58-26-19(65-70(52,53)54)12(34)16(20(62-26)22(37)38)60-24-8(28-66(40,41)42)15(63-68(46,47)48)14(5(2-29)57-24)59-25-18(64-69(49,50)51)11(33)10(32)17(61-25)21(35)36;1-2-3/h5-20,23-26,28-29,31-34,39H,2-3H2,1H3,(H,27,30)(H,35,36)(H,37,38)(H,40,41,42)(H,43,44,45)(H,46,47,48)(H,49,50,51)(H,52,53,54);3H,1-2H2/t5-,6+,7-,8-,9-,10-,11-,12+,13-,14-,15-,16+,17-,18+,19-,20+,23-,24+,25+,26-;/m1./s1. The number of carboxylic acids is 2. The van der Waals surface area contributed by atoms with Gasteiger partial charge in [0.25, 0.3) is 0 Å². The number of aliphatic hydroxyl groups is 7. The van der Waals surface area contributed by atoms with E-state index in [9.17, 15) is 116 Å². The molecule has 20 atom stereocenters. The van der Waals surface area contributed by atoms with Crippen LogP contribution in [0, 0.1) is 6.92 Å². The number of hydrogen-bond donors (Lipinski definition) is 16. The number of nitrogens with one attached hydrogen (secondary N) is 2. The Hall–Kier alpha value is -2.80. The van der Waals surface area contributed by atoms with Crippen molar-refractivity contribution in [3.63, 3.8) is 0 Å². The zero-order valence-corrected chi connectivity index (χ0v) is 40.1. The van der Waals surface area contributed by atoms with E-state index >= 15 is 0 Å². The van der Waals surface area contributed by atoms with Crippen molar-refractivity contribution >= 4 is 69.7 Å². The van der Waals surface area contributed by atoms with Crippen LogP contribution in [0.15, 0.2) is 0 Å². The third-order valence-electron chi connectivity index (χ3n) is 9.68. The largest absolute Gasteiger partial charge is 0.479 e. The van der Waals surface area contributed by atoms with Crippen molar-refractivity contribution in [2.24, 2.45) is 0 Å². The van der Waals surface area contributed by atoms with Crippen LogP contribution in [0.25, 0.3) is 0 Å². The summed E-state index contributed by atoms with van der Waals surface area (Å²) in [6.07, 6.45) is -49.1. The first-order chi connectivity index (χ1) is 33.2. The van der Waals surface area contributed by atoms with Crippen LogP contribution in [-0.4, -0.2) is 271 Å². The first-order valence-corrected chi connectivity index (χ1v) is 26.2. The van der Waals surface area contributed by atoms with E-state index in [1.165, 1.54) is 4.72 Å². The minimum atomic E-state index is -6.09. The molecule has 4 fully saturated rings. The zero-order chi connectivity index (χ0) is 56.1. The number of amides is 1. The summed E-state index contributed by atoms with van der Waals surface area (Å²) in [5, 5.41) is 93.4. The highest BCUT2D eigenvalue weighted by molar-refractivity contribution is 7.83. The van der Waals surface area contributed by atoms with Crippen LogP contribution in [0.5, 0.6) is 0 Å². The van der Waals surface area contributed by atoms with Crippen molar-refractivity contribution < 1.29 is 175 Å². The van der Waals surface area contributed by atoms with E-state index in [2.05, 4.69) is 23.7 Å². The number of aliphatic hydroxyl groups excluding tert-OH is 7. The smallest absolute Gasteiger partial charge is 0.397 e. The van der Waals surface area contributed by atoms with E-state index in [0.717, 1.165) is 6.92 Å². The Morgan fingerprint density at radius 3 is 1.42 bits per heavy atom. The number of hydrogen-bond acceptors (Lipinski definition) is 31. The number of aliphatic carboxylic acids is 2. The summed E-state index contributed by atoms with van der Waals surface area (Å²) in [6, 6.07) is -4.96. The maximum Gasteiger partial charge on any atom is 0.397 e. The van der Waals surface area contributed by atoms with Gasteiger partial charge in [0.2, 0.25) is 5.91 Å². The molecular formula is C28H47N2O38S5. The molecule has 4 aliphatic rings. The third kappa shape index (κ3) is 18.7. The van der Waals surface area contributed by atoms with E-state index in [4.69, 9.17) is 42.8 Å². The Kier molecular flexibility index (Phi) is 22.6. The number of carbonyl (C=O) groups excluding carboxylic acids is 1. The molecule has 0 aromatic heterocycles. The lowest BCUT2D eigenvalue weighted by molar-refractivity contribution is -0.366.